The van der Waals surface area contributed by atoms with Gasteiger partial charge in [-0.15, -0.1) is 0 Å². The van der Waals surface area contributed by atoms with Gasteiger partial charge in [-0.2, -0.15) is 0 Å². The van der Waals surface area contributed by atoms with Gasteiger partial charge in [-0.3, -0.25) is 0 Å². The summed E-state index contributed by atoms with van der Waals surface area (Å²) >= 11 is 0. The summed E-state index contributed by atoms with van der Waals surface area (Å²) in [7, 11) is 0. The zero-order chi connectivity index (χ0) is 12.8. The molecule has 0 saturated carbocycles. The Morgan fingerprint density at radius 3 is 2.94 bits per heavy atom. The molecule has 0 saturated heterocycles. The quantitative estimate of drug-likeness (QED) is 0.837. The molecule has 1 unspecified atom stereocenters. The lowest BCUT2D eigenvalue weighted by molar-refractivity contribution is 0.0588. The van der Waals surface area contributed by atoms with Crippen molar-refractivity contribution in [1.82, 2.24) is 0 Å². The van der Waals surface area contributed by atoms with Crippen LogP contribution in [0.25, 0.3) is 0 Å². The number of halogens is 1. The Bertz CT molecular complexity index is 588. The van der Waals surface area contributed by atoms with Crippen LogP contribution in [0.1, 0.15) is 35.3 Å². The van der Waals surface area contributed by atoms with Gasteiger partial charge in [0.2, 0.25) is 0 Å². The van der Waals surface area contributed by atoms with E-state index in [0.29, 0.717) is 12.0 Å². The van der Waals surface area contributed by atoms with Crippen LogP contribution in [0.2, 0.25) is 0 Å². The number of hydrogen-bond donors (Lipinski definition) is 1. The SMILES string of the molecule is Cc1cc(C2(O)CCCc3occc32)ccc1F. The second kappa shape index (κ2) is 3.95. The topological polar surface area (TPSA) is 33.4 Å². The lowest BCUT2D eigenvalue weighted by atomic mass is 9.77. The molecule has 1 aliphatic carbocycles. The Hall–Kier alpha value is -1.61. The predicted molar refractivity (Wildman–Crippen MR) is 65.8 cm³/mol. The summed E-state index contributed by atoms with van der Waals surface area (Å²) < 4.78 is 18.7. The minimum absolute atomic E-state index is 0.245. The Morgan fingerprint density at radius 2 is 2.17 bits per heavy atom. The Balaban J connectivity index is 2.14. The van der Waals surface area contributed by atoms with E-state index in [4.69, 9.17) is 4.42 Å². The molecule has 0 amide bonds. The summed E-state index contributed by atoms with van der Waals surface area (Å²) in [5.41, 5.74) is 1.07. The molecule has 0 fully saturated rings. The van der Waals surface area contributed by atoms with E-state index in [1.54, 1.807) is 25.3 Å². The summed E-state index contributed by atoms with van der Waals surface area (Å²) in [6.45, 7) is 1.71. The third-order valence-corrected chi connectivity index (χ3v) is 3.77. The normalized spacial score (nSPS) is 22.8. The van der Waals surface area contributed by atoms with Crippen LogP contribution in [-0.2, 0) is 12.0 Å². The molecule has 3 heteroatoms. The maximum Gasteiger partial charge on any atom is 0.126 e. The van der Waals surface area contributed by atoms with Crippen LogP contribution in [0.5, 0.6) is 0 Å². The molecule has 1 heterocycles. The van der Waals surface area contributed by atoms with Gasteiger partial charge in [0, 0.05) is 12.0 Å². The smallest absolute Gasteiger partial charge is 0.126 e. The van der Waals surface area contributed by atoms with Crippen molar-refractivity contribution in [1.29, 1.82) is 0 Å². The Labute approximate surface area is 105 Å². The highest BCUT2D eigenvalue weighted by Crippen LogP contribution is 2.41. The van der Waals surface area contributed by atoms with Crippen LogP contribution in [0.4, 0.5) is 4.39 Å². The van der Waals surface area contributed by atoms with E-state index in [0.717, 1.165) is 29.7 Å². The molecule has 1 N–H and O–H groups in total. The third-order valence-electron chi connectivity index (χ3n) is 3.77. The number of aryl methyl sites for hydroxylation is 2. The van der Waals surface area contributed by atoms with Crippen molar-refractivity contribution in [3.63, 3.8) is 0 Å². The van der Waals surface area contributed by atoms with Crippen LogP contribution in [0, 0.1) is 12.7 Å². The van der Waals surface area contributed by atoms with Crippen molar-refractivity contribution in [3.05, 3.63) is 58.8 Å². The molecule has 18 heavy (non-hydrogen) atoms. The van der Waals surface area contributed by atoms with E-state index in [1.807, 2.05) is 6.07 Å². The molecule has 1 aromatic heterocycles. The van der Waals surface area contributed by atoms with Gasteiger partial charge in [0.05, 0.1) is 6.26 Å². The minimum Gasteiger partial charge on any atom is -0.469 e. The van der Waals surface area contributed by atoms with Gasteiger partial charge in [-0.05, 0) is 49.1 Å². The fourth-order valence-corrected chi connectivity index (χ4v) is 2.74. The van der Waals surface area contributed by atoms with E-state index in [2.05, 4.69) is 0 Å². The number of aliphatic hydroxyl groups is 1. The molecule has 0 bridgehead atoms. The Morgan fingerprint density at radius 1 is 1.33 bits per heavy atom. The van der Waals surface area contributed by atoms with Crippen molar-refractivity contribution < 1.29 is 13.9 Å². The van der Waals surface area contributed by atoms with Crippen LogP contribution < -0.4 is 0 Å². The van der Waals surface area contributed by atoms with Crippen molar-refractivity contribution in [2.45, 2.75) is 31.8 Å². The summed E-state index contributed by atoms with van der Waals surface area (Å²) in [5.74, 6) is 0.594. The molecule has 1 aromatic carbocycles. The van der Waals surface area contributed by atoms with Crippen LogP contribution in [0.3, 0.4) is 0 Å². The van der Waals surface area contributed by atoms with Crippen molar-refractivity contribution in [2.75, 3.05) is 0 Å². The number of benzene rings is 1. The lowest BCUT2D eigenvalue weighted by Crippen LogP contribution is -2.31. The van der Waals surface area contributed by atoms with E-state index in [1.165, 1.54) is 6.07 Å². The van der Waals surface area contributed by atoms with Gasteiger partial charge in [-0.25, -0.2) is 4.39 Å². The number of rotatable bonds is 1. The van der Waals surface area contributed by atoms with Crippen molar-refractivity contribution in [2.24, 2.45) is 0 Å². The fourth-order valence-electron chi connectivity index (χ4n) is 2.74. The van der Waals surface area contributed by atoms with E-state index in [9.17, 15) is 9.50 Å². The molecule has 3 rings (SSSR count). The van der Waals surface area contributed by atoms with Crippen LogP contribution in [-0.4, -0.2) is 5.11 Å². The van der Waals surface area contributed by atoms with Gasteiger partial charge in [0.1, 0.15) is 17.2 Å². The molecule has 0 aliphatic heterocycles. The van der Waals surface area contributed by atoms with Crippen LogP contribution in [0.15, 0.2) is 34.9 Å². The first-order valence-corrected chi connectivity index (χ1v) is 6.17. The largest absolute Gasteiger partial charge is 0.469 e. The highest BCUT2D eigenvalue weighted by molar-refractivity contribution is 5.40. The molecule has 2 aromatic rings. The van der Waals surface area contributed by atoms with E-state index >= 15 is 0 Å². The molecular weight excluding hydrogens is 231 g/mol. The Kier molecular flexibility index (Phi) is 2.52. The molecule has 0 radical (unpaired) electrons. The zero-order valence-electron chi connectivity index (χ0n) is 10.2. The second-order valence-electron chi connectivity index (χ2n) is 4.94. The molecular formula is C15H15FO2. The summed E-state index contributed by atoms with van der Waals surface area (Å²) in [5, 5.41) is 10.9. The van der Waals surface area contributed by atoms with E-state index < -0.39 is 5.60 Å². The highest BCUT2D eigenvalue weighted by Gasteiger charge is 2.38. The molecule has 2 nitrogen and oxygen atoms in total. The standard InChI is InChI=1S/C15H15FO2/c1-10-9-11(4-5-13(10)16)15(17)7-2-3-14-12(15)6-8-18-14/h4-6,8-9,17H,2-3,7H2,1H3. The first-order valence-electron chi connectivity index (χ1n) is 6.17. The average Bonchev–Trinajstić information content (AvgIpc) is 2.82. The summed E-state index contributed by atoms with van der Waals surface area (Å²) in [4.78, 5) is 0. The van der Waals surface area contributed by atoms with Gasteiger partial charge in [0.25, 0.3) is 0 Å². The summed E-state index contributed by atoms with van der Waals surface area (Å²) in [6.07, 6.45) is 3.97. The minimum atomic E-state index is -1.04. The number of hydrogen-bond acceptors (Lipinski definition) is 2. The van der Waals surface area contributed by atoms with E-state index in [-0.39, 0.29) is 5.82 Å². The van der Waals surface area contributed by atoms with Gasteiger partial charge in [-0.1, -0.05) is 6.07 Å². The lowest BCUT2D eigenvalue weighted by Gasteiger charge is -2.32. The monoisotopic (exact) mass is 246 g/mol. The third kappa shape index (κ3) is 1.58. The zero-order valence-corrected chi connectivity index (χ0v) is 10.2. The summed E-state index contributed by atoms with van der Waals surface area (Å²) in [6, 6.07) is 6.60. The van der Waals surface area contributed by atoms with Gasteiger partial charge in [0.15, 0.2) is 0 Å². The van der Waals surface area contributed by atoms with Gasteiger partial charge >= 0.3 is 0 Å². The van der Waals surface area contributed by atoms with Crippen molar-refractivity contribution in [3.8, 4) is 0 Å². The van der Waals surface area contributed by atoms with Crippen LogP contribution >= 0.6 is 0 Å². The predicted octanol–water partition coefficient (Wildman–Crippen LogP) is 3.30. The number of fused-ring (bicyclic) bond motifs is 1. The highest BCUT2D eigenvalue weighted by atomic mass is 19.1. The molecule has 1 aliphatic rings. The number of furan rings is 1. The molecule has 94 valence electrons. The second-order valence-corrected chi connectivity index (χ2v) is 4.94. The first kappa shape index (κ1) is 11.5. The fraction of sp³-hybridized carbons (Fsp3) is 0.333. The first-order chi connectivity index (χ1) is 8.61. The average molecular weight is 246 g/mol. The molecule has 0 spiro atoms. The molecule has 1 atom stereocenters. The maximum atomic E-state index is 13.3. The van der Waals surface area contributed by atoms with Gasteiger partial charge < -0.3 is 9.52 Å². The maximum absolute atomic E-state index is 13.3. The van der Waals surface area contributed by atoms with Crippen molar-refractivity contribution >= 4 is 0 Å².